The third kappa shape index (κ3) is 1.93. The van der Waals surface area contributed by atoms with Gasteiger partial charge >= 0.3 is 0 Å². The normalized spacial score (nSPS) is 14.8. The van der Waals surface area contributed by atoms with Crippen LogP contribution in [0.5, 0.6) is 11.5 Å². The molecule has 0 saturated heterocycles. The maximum Gasteiger partial charge on any atom is 0.232 e. The number of carbonyl (C=O) groups excluding carboxylic acids is 1. The SMILES string of the molecule is COc1ccc2c(c1)C(=O)/C(=C/c1ccc(C#N)o1)O2. The molecule has 0 saturated carbocycles. The van der Waals surface area contributed by atoms with Gasteiger partial charge in [0.1, 0.15) is 23.3 Å². The molecule has 5 nitrogen and oxygen atoms in total. The van der Waals surface area contributed by atoms with Crippen molar-refractivity contribution in [2.75, 3.05) is 7.11 Å². The summed E-state index contributed by atoms with van der Waals surface area (Å²) in [4.78, 5) is 12.2. The van der Waals surface area contributed by atoms with Crippen LogP contribution < -0.4 is 9.47 Å². The number of carbonyl (C=O) groups is 1. The van der Waals surface area contributed by atoms with Crippen molar-refractivity contribution in [3.05, 3.63) is 53.2 Å². The van der Waals surface area contributed by atoms with E-state index in [-0.39, 0.29) is 17.3 Å². The molecule has 1 aliphatic rings. The van der Waals surface area contributed by atoms with Crippen LogP contribution in [-0.4, -0.2) is 12.9 Å². The van der Waals surface area contributed by atoms with Crippen LogP contribution in [0.1, 0.15) is 21.9 Å². The molecule has 98 valence electrons. The minimum atomic E-state index is -0.242. The highest BCUT2D eigenvalue weighted by atomic mass is 16.5. The Morgan fingerprint density at radius 1 is 1.30 bits per heavy atom. The van der Waals surface area contributed by atoms with Gasteiger partial charge in [-0.25, -0.2) is 0 Å². The molecule has 0 N–H and O–H groups in total. The van der Waals surface area contributed by atoms with Crippen molar-refractivity contribution in [2.45, 2.75) is 0 Å². The Bertz CT molecular complexity index is 764. The number of furan rings is 1. The van der Waals surface area contributed by atoms with E-state index >= 15 is 0 Å². The molecule has 1 aromatic carbocycles. The van der Waals surface area contributed by atoms with Gasteiger partial charge in [-0.15, -0.1) is 0 Å². The number of nitrogens with zero attached hydrogens (tertiary/aromatic N) is 1. The lowest BCUT2D eigenvalue weighted by molar-refractivity contribution is 0.101. The summed E-state index contributed by atoms with van der Waals surface area (Å²) in [6.07, 6.45) is 1.47. The Morgan fingerprint density at radius 3 is 2.85 bits per heavy atom. The van der Waals surface area contributed by atoms with E-state index in [1.807, 2.05) is 6.07 Å². The number of Topliss-reactive ketones (excluding diaryl/α,β-unsaturated/α-hetero) is 1. The molecule has 0 bridgehead atoms. The standard InChI is InChI=1S/C15H9NO4/c1-18-9-4-5-13-12(6-9)15(17)14(20-13)7-10-2-3-11(8-16)19-10/h2-7H,1H3/b14-7-. The van der Waals surface area contributed by atoms with Crippen molar-refractivity contribution in [2.24, 2.45) is 0 Å². The first kappa shape index (κ1) is 12.1. The molecular weight excluding hydrogens is 258 g/mol. The number of fused-ring (bicyclic) bond motifs is 1. The molecule has 5 heteroatoms. The fraction of sp³-hybridized carbons (Fsp3) is 0.0667. The quantitative estimate of drug-likeness (QED) is 0.782. The van der Waals surface area contributed by atoms with E-state index in [1.54, 1.807) is 24.3 Å². The van der Waals surface area contributed by atoms with E-state index < -0.39 is 0 Å². The van der Waals surface area contributed by atoms with Gasteiger partial charge in [0.15, 0.2) is 5.76 Å². The van der Waals surface area contributed by atoms with Crippen molar-refractivity contribution >= 4 is 11.9 Å². The highest BCUT2D eigenvalue weighted by Gasteiger charge is 2.28. The maximum absolute atomic E-state index is 12.2. The molecular formula is C15H9NO4. The Hall–Kier alpha value is -3.00. The van der Waals surface area contributed by atoms with Gasteiger partial charge in [-0.1, -0.05) is 0 Å². The van der Waals surface area contributed by atoms with Crippen molar-refractivity contribution in [3.8, 4) is 17.6 Å². The Labute approximate surface area is 114 Å². The van der Waals surface area contributed by atoms with Gasteiger partial charge in [-0.3, -0.25) is 4.79 Å². The van der Waals surface area contributed by atoms with Gasteiger partial charge in [0.25, 0.3) is 0 Å². The second-order valence-corrected chi connectivity index (χ2v) is 4.12. The number of methoxy groups -OCH3 is 1. The number of hydrogen-bond acceptors (Lipinski definition) is 5. The lowest BCUT2D eigenvalue weighted by atomic mass is 10.1. The smallest absolute Gasteiger partial charge is 0.232 e. The van der Waals surface area contributed by atoms with Gasteiger partial charge in [0.2, 0.25) is 11.5 Å². The highest BCUT2D eigenvalue weighted by Crippen LogP contribution is 2.34. The largest absolute Gasteiger partial charge is 0.497 e. The summed E-state index contributed by atoms with van der Waals surface area (Å²) in [5.74, 6) is 1.56. The van der Waals surface area contributed by atoms with Crippen LogP contribution in [0.4, 0.5) is 0 Å². The average molecular weight is 267 g/mol. The zero-order chi connectivity index (χ0) is 14.1. The number of allylic oxidation sites excluding steroid dienone is 1. The maximum atomic E-state index is 12.2. The lowest BCUT2D eigenvalue weighted by Crippen LogP contribution is -1.97. The van der Waals surface area contributed by atoms with E-state index in [2.05, 4.69) is 0 Å². The third-order valence-electron chi connectivity index (χ3n) is 2.89. The molecule has 1 aromatic heterocycles. The third-order valence-corrected chi connectivity index (χ3v) is 2.89. The molecule has 0 fully saturated rings. The second kappa shape index (κ2) is 4.59. The molecule has 0 aliphatic carbocycles. The van der Waals surface area contributed by atoms with Crippen LogP contribution in [0.3, 0.4) is 0 Å². The number of ketones is 1. The van der Waals surface area contributed by atoms with Crippen LogP contribution in [0, 0.1) is 11.3 Å². The molecule has 0 amide bonds. The molecule has 20 heavy (non-hydrogen) atoms. The van der Waals surface area contributed by atoms with Crippen LogP contribution in [0.25, 0.3) is 6.08 Å². The lowest BCUT2D eigenvalue weighted by Gasteiger charge is -2.00. The summed E-state index contributed by atoms with van der Waals surface area (Å²) in [5, 5.41) is 8.69. The first-order chi connectivity index (χ1) is 9.71. The molecule has 3 rings (SSSR count). The van der Waals surface area contributed by atoms with Crippen molar-refractivity contribution < 1.29 is 18.7 Å². The van der Waals surface area contributed by atoms with E-state index in [0.717, 1.165) is 0 Å². The summed E-state index contributed by atoms with van der Waals surface area (Å²) in [5.41, 5.74) is 0.447. The van der Waals surface area contributed by atoms with Gasteiger partial charge in [-0.05, 0) is 30.3 Å². The van der Waals surface area contributed by atoms with Gasteiger partial charge in [0.05, 0.1) is 12.7 Å². The summed E-state index contributed by atoms with van der Waals surface area (Å²) < 4.78 is 15.7. The van der Waals surface area contributed by atoms with Crippen LogP contribution in [0.15, 0.2) is 40.5 Å². The topological polar surface area (TPSA) is 72.5 Å². The van der Waals surface area contributed by atoms with E-state index in [1.165, 1.54) is 19.3 Å². The van der Waals surface area contributed by atoms with Gasteiger partial charge < -0.3 is 13.9 Å². The van der Waals surface area contributed by atoms with E-state index in [0.29, 0.717) is 22.8 Å². The minimum absolute atomic E-state index is 0.159. The van der Waals surface area contributed by atoms with Crippen molar-refractivity contribution in [1.82, 2.24) is 0 Å². The van der Waals surface area contributed by atoms with Gasteiger partial charge in [-0.2, -0.15) is 5.26 Å². The van der Waals surface area contributed by atoms with Crippen LogP contribution in [-0.2, 0) is 0 Å². The molecule has 1 aliphatic heterocycles. The molecule has 2 aromatic rings. The summed E-state index contributed by atoms with van der Waals surface area (Å²) in [6, 6.07) is 10.0. The molecule has 0 unspecified atom stereocenters. The summed E-state index contributed by atoms with van der Waals surface area (Å²) >= 11 is 0. The molecule has 0 atom stereocenters. The minimum Gasteiger partial charge on any atom is -0.497 e. The number of nitriles is 1. The predicted octanol–water partition coefficient (Wildman–Crippen LogP) is 2.78. The second-order valence-electron chi connectivity index (χ2n) is 4.12. The van der Waals surface area contributed by atoms with Crippen molar-refractivity contribution in [1.29, 1.82) is 5.26 Å². The number of ether oxygens (including phenoxy) is 2. The molecule has 0 spiro atoms. The fourth-order valence-electron chi connectivity index (χ4n) is 1.91. The van der Waals surface area contributed by atoms with E-state index in [4.69, 9.17) is 19.2 Å². The summed E-state index contributed by atoms with van der Waals surface area (Å²) in [6.45, 7) is 0. The number of rotatable bonds is 2. The zero-order valence-electron chi connectivity index (χ0n) is 10.5. The number of benzene rings is 1. The van der Waals surface area contributed by atoms with Crippen LogP contribution >= 0.6 is 0 Å². The Balaban J connectivity index is 1.95. The number of hydrogen-bond donors (Lipinski definition) is 0. The predicted molar refractivity (Wildman–Crippen MR) is 69.4 cm³/mol. The molecule has 0 radical (unpaired) electrons. The monoisotopic (exact) mass is 267 g/mol. The highest BCUT2D eigenvalue weighted by molar-refractivity contribution is 6.14. The first-order valence-electron chi connectivity index (χ1n) is 5.83. The van der Waals surface area contributed by atoms with Crippen molar-refractivity contribution in [3.63, 3.8) is 0 Å². The molecule has 2 heterocycles. The van der Waals surface area contributed by atoms with Crippen LogP contribution in [0.2, 0.25) is 0 Å². The Morgan fingerprint density at radius 2 is 2.15 bits per heavy atom. The zero-order valence-corrected chi connectivity index (χ0v) is 10.5. The fourth-order valence-corrected chi connectivity index (χ4v) is 1.91. The van der Waals surface area contributed by atoms with E-state index in [9.17, 15) is 4.79 Å². The van der Waals surface area contributed by atoms with Gasteiger partial charge in [0, 0.05) is 6.08 Å². The summed E-state index contributed by atoms with van der Waals surface area (Å²) in [7, 11) is 1.53. The Kier molecular flexibility index (Phi) is 2.77. The first-order valence-corrected chi connectivity index (χ1v) is 5.83. The average Bonchev–Trinajstić information content (AvgIpc) is 3.05.